The molecule has 0 bridgehead atoms. The summed E-state index contributed by atoms with van der Waals surface area (Å²) in [5.41, 5.74) is 5.46. The van der Waals surface area contributed by atoms with Gasteiger partial charge in [-0.15, -0.1) is 0 Å². The van der Waals surface area contributed by atoms with Crippen molar-refractivity contribution in [3.63, 3.8) is 0 Å². The minimum atomic E-state index is -0.540. The van der Waals surface area contributed by atoms with Crippen LogP contribution in [0.4, 0.5) is 5.82 Å². The Morgan fingerprint density at radius 3 is 2.95 bits per heavy atom. The van der Waals surface area contributed by atoms with Crippen LogP contribution in [0.3, 0.4) is 0 Å². The SMILES string of the molecule is CC(C)CN1CCC(CN(C)c2cncc(C(N)=O)n2)C1. The highest BCUT2D eigenvalue weighted by Gasteiger charge is 2.24. The van der Waals surface area contributed by atoms with Crippen LogP contribution in [-0.2, 0) is 0 Å². The zero-order chi connectivity index (χ0) is 15.4. The second-order valence-corrected chi connectivity index (χ2v) is 6.32. The lowest BCUT2D eigenvalue weighted by molar-refractivity contribution is 0.0995. The molecule has 2 N–H and O–H groups in total. The third-order valence-corrected chi connectivity index (χ3v) is 3.79. The summed E-state index contributed by atoms with van der Waals surface area (Å²) in [7, 11) is 1.99. The zero-order valence-corrected chi connectivity index (χ0v) is 13.1. The van der Waals surface area contributed by atoms with E-state index in [0.29, 0.717) is 17.7 Å². The van der Waals surface area contributed by atoms with E-state index < -0.39 is 5.91 Å². The second kappa shape index (κ2) is 6.85. The normalized spacial score (nSPS) is 19.1. The highest BCUT2D eigenvalue weighted by Crippen LogP contribution is 2.20. The maximum Gasteiger partial charge on any atom is 0.268 e. The van der Waals surface area contributed by atoms with Crippen LogP contribution in [0, 0.1) is 11.8 Å². The number of rotatable bonds is 6. The van der Waals surface area contributed by atoms with Crippen LogP contribution >= 0.6 is 0 Å². The van der Waals surface area contributed by atoms with E-state index in [2.05, 4.69) is 33.6 Å². The van der Waals surface area contributed by atoms with E-state index in [-0.39, 0.29) is 5.69 Å². The fraction of sp³-hybridized carbons (Fsp3) is 0.667. The van der Waals surface area contributed by atoms with Crippen molar-refractivity contribution in [1.82, 2.24) is 14.9 Å². The predicted octanol–water partition coefficient (Wildman–Crippen LogP) is 0.990. The first-order valence-corrected chi connectivity index (χ1v) is 7.51. The van der Waals surface area contributed by atoms with Crippen molar-refractivity contribution in [2.75, 3.05) is 38.1 Å². The summed E-state index contributed by atoms with van der Waals surface area (Å²) >= 11 is 0. The third-order valence-electron chi connectivity index (χ3n) is 3.79. The first-order valence-electron chi connectivity index (χ1n) is 7.51. The van der Waals surface area contributed by atoms with E-state index in [1.54, 1.807) is 6.20 Å². The molecule has 1 aliphatic rings. The lowest BCUT2D eigenvalue weighted by Gasteiger charge is -2.23. The molecular formula is C15H25N5O. The van der Waals surface area contributed by atoms with E-state index >= 15 is 0 Å². The molecule has 1 aromatic heterocycles. The molecule has 2 heterocycles. The molecule has 6 nitrogen and oxygen atoms in total. The molecule has 1 aliphatic heterocycles. The Morgan fingerprint density at radius 1 is 1.52 bits per heavy atom. The van der Waals surface area contributed by atoms with Crippen LogP contribution in [0.15, 0.2) is 12.4 Å². The van der Waals surface area contributed by atoms with Gasteiger partial charge in [0.1, 0.15) is 11.5 Å². The number of primary amides is 1. The average Bonchev–Trinajstić information content (AvgIpc) is 2.85. The Bertz CT molecular complexity index is 491. The number of hydrogen-bond donors (Lipinski definition) is 1. The van der Waals surface area contributed by atoms with Gasteiger partial charge in [-0.25, -0.2) is 4.98 Å². The largest absolute Gasteiger partial charge is 0.364 e. The van der Waals surface area contributed by atoms with Crippen LogP contribution in [0.5, 0.6) is 0 Å². The van der Waals surface area contributed by atoms with E-state index in [9.17, 15) is 4.79 Å². The Balaban J connectivity index is 1.91. The monoisotopic (exact) mass is 291 g/mol. The lowest BCUT2D eigenvalue weighted by atomic mass is 10.1. The summed E-state index contributed by atoms with van der Waals surface area (Å²) in [5.74, 6) is 1.50. The summed E-state index contributed by atoms with van der Waals surface area (Å²) in [6.07, 6.45) is 4.28. The van der Waals surface area contributed by atoms with Crippen molar-refractivity contribution in [2.24, 2.45) is 17.6 Å². The molecule has 1 atom stereocenters. The first-order chi connectivity index (χ1) is 9.95. The number of amides is 1. The Morgan fingerprint density at radius 2 is 2.29 bits per heavy atom. The van der Waals surface area contributed by atoms with E-state index in [1.165, 1.54) is 19.2 Å². The van der Waals surface area contributed by atoms with Gasteiger partial charge >= 0.3 is 0 Å². The predicted molar refractivity (Wildman–Crippen MR) is 83.2 cm³/mol. The fourth-order valence-corrected chi connectivity index (χ4v) is 2.88. The van der Waals surface area contributed by atoms with Gasteiger partial charge in [0, 0.05) is 26.7 Å². The molecule has 0 radical (unpaired) electrons. The summed E-state index contributed by atoms with van der Waals surface area (Å²) in [5, 5.41) is 0. The molecule has 0 aliphatic carbocycles. The van der Waals surface area contributed by atoms with Crippen molar-refractivity contribution in [1.29, 1.82) is 0 Å². The fourth-order valence-electron chi connectivity index (χ4n) is 2.88. The summed E-state index contributed by atoms with van der Waals surface area (Å²) < 4.78 is 0. The third kappa shape index (κ3) is 4.39. The minimum absolute atomic E-state index is 0.215. The molecule has 0 saturated carbocycles. The lowest BCUT2D eigenvalue weighted by Crippen LogP contribution is -2.30. The average molecular weight is 291 g/mol. The van der Waals surface area contributed by atoms with Crippen LogP contribution in [0.2, 0.25) is 0 Å². The zero-order valence-electron chi connectivity index (χ0n) is 13.1. The van der Waals surface area contributed by atoms with E-state index in [0.717, 1.165) is 19.6 Å². The summed E-state index contributed by atoms with van der Waals surface area (Å²) in [6.45, 7) is 8.90. The molecule has 1 fully saturated rings. The van der Waals surface area contributed by atoms with Crippen molar-refractivity contribution < 1.29 is 4.79 Å². The number of anilines is 1. The van der Waals surface area contributed by atoms with Crippen molar-refractivity contribution in [3.8, 4) is 0 Å². The second-order valence-electron chi connectivity index (χ2n) is 6.32. The number of likely N-dealkylation sites (tertiary alicyclic amines) is 1. The number of carbonyl (C=O) groups excluding carboxylic acids is 1. The van der Waals surface area contributed by atoms with Crippen molar-refractivity contribution in [3.05, 3.63) is 18.1 Å². The minimum Gasteiger partial charge on any atom is -0.364 e. The van der Waals surface area contributed by atoms with Crippen LogP contribution in [0.1, 0.15) is 30.8 Å². The van der Waals surface area contributed by atoms with Gasteiger partial charge in [0.25, 0.3) is 5.91 Å². The van der Waals surface area contributed by atoms with E-state index in [1.807, 2.05) is 7.05 Å². The molecular weight excluding hydrogens is 266 g/mol. The standard InChI is InChI=1S/C15H25N5O/c1-11(2)8-20-5-4-12(10-20)9-19(3)14-7-17-6-13(18-14)15(16)21/h6-7,11-12H,4-5,8-10H2,1-3H3,(H2,16,21). The van der Waals surface area contributed by atoms with Gasteiger partial charge in [0.15, 0.2) is 0 Å². The number of carbonyl (C=O) groups is 1. The van der Waals surface area contributed by atoms with Crippen molar-refractivity contribution in [2.45, 2.75) is 20.3 Å². The van der Waals surface area contributed by atoms with Crippen LogP contribution in [0.25, 0.3) is 0 Å². The molecule has 116 valence electrons. The maximum absolute atomic E-state index is 11.2. The van der Waals surface area contributed by atoms with Crippen LogP contribution < -0.4 is 10.6 Å². The molecule has 1 unspecified atom stereocenters. The maximum atomic E-state index is 11.2. The highest BCUT2D eigenvalue weighted by molar-refractivity contribution is 5.90. The van der Waals surface area contributed by atoms with Gasteiger partial charge in [0.05, 0.1) is 12.4 Å². The van der Waals surface area contributed by atoms with Crippen molar-refractivity contribution >= 4 is 11.7 Å². The molecule has 21 heavy (non-hydrogen) atoms. The van der Waals surface area contributed by atoms with Gasteiger partial charge in [-0.3, -0.25) is 9.78 Å². The Kier molecular flexibility index (Phi) is 5.12. The molecule has 0 spiro atoms. The number of hydrogen-bond acceptors (Lipinski definition) is 5. The number of nitrogens with two attached hydrogens (primary N) is 1. The molecule has 2 rings (SSSR count). The van der Waals surface area contributed by atoms with E-state index in [4.69, 9.17) is 5.73 Å². The molecule has 1 aromatic rings. The Labute approximate surface area is 126 Å². The van der Waals surface area contributed by atoms with Crippen LogP contribution in [-0.4, -0.2) is 54.0 Å². The first kappa shape index (κ1) is 15.7. The molecule has 0 aromatic carbocycles. The van der Waals surface area contributed by atoms with Gasteiger partial charge < -0.3 is 15.5 Å². The number of nitrogens with zero attached hydrogens (tertiary/aromatic N) is 4. The van der Waals surface area contributed by atoms with Gasteiger partial charge in [0.2, 0.25) is 0 Å². The van der Waals surface area contributed by atoms with Gasteiger partial charge in [-0.2, -0.15) is 0 Å². The van der Waals surface area contributed by atoms with Gasteiger partial charge in [-0.05, 0) is 24.8 Å². The molecule has 6 heteroatoms. The summed E-state index contributed by atoms with van der Waals surface area (Å²) in [4.78, 5) is 24.0. The quantitative estimate of drug-likeness (QED) is 0.846. The Hall–Kier alpha value is -1.69. The molecule has 1 saturated heterocycles. The smallest absolute Gasteiger partial charge is 0.268 e. The number of aromatic nitrogens is 2. The van der Waals surface area contributed by atoms with Gasteiger partial charge in [-0.1, -0.05) is 13.8 Å². The summed E-state index contributed by atoms with van der Waals surface area (Å²) in [6, 6.07) is 0. The highest BCUT2D eigenvalue weighted by atomic mass is 16.1. The molecule has 1 amide bonds. The topological polar surface area (TPSA) is 75.3 Å².